The zero-order chi connectivity index (χ0) is 7.56. The summed E-state index contributed by atoms with van der Waals surface area (Å²) in [6.45, 7) is 0.844. The van der Waals surface area contributed by atoms with Crippen LogP contribution in [0.1, 0.15) is 0 Å². The van der Waals surface area contributed by atoms with Crippen molar-refractivity contribution in [2.75, 3.05) is 13.6 Å². The van der Waals surface area contributed by atoms with E-state index >= 15 is 0 Å². The Labute approximate surface area is 59.8 Å². The van der Waals surface area contributed by atoms with Gasteiger partial charge in [-0.2, -0.15) is 0 Å². The van der Waals surface area contributed by atoms with Crippen molar-refractivity contribution in [3.8, 4) is 0 Å². The minimum atomic E-state index is -0.372. The lowest BCUT2D eigenvalue weighted by atomic mass is 10.2. The molecule has 1 aliphatic rings. The van der Waals surface area contributed by atoms with Crippen molar-refractivity contribution >= 4 is 5.91 Å². The maximum absolute atomic E-state index is 10.6. The molecule has 0 fully saturated rings. The summed E-state index contributed by atoms with van der Waals surface area (Å²) < 4.78 is 0. The van der Waals surface area contributed by atoms with E-state index in [-0.39, 0.29) is 5.91 Å². The predicted octanol–water partition coefficient (Wildman–Crippen LogP) is -0.143. The molecule has 0 aromatic carbocycles. The van der Waals surface area contributed by atoms with Gasteiger partial charge in [0.25, 0.3) is 0 Å². The third-order valence-electron chi connectivity index (χ3n) is 1.33. The van der Waals surface area contributed by atoms with Gasteiger partial charge in [-0.3, -0.25) is 4.79 Å². The highest BCUT2D eigenvalue weighted by molar-refractivity contribution is 5.94. The number of amides is 1. The molecule has 10 heavy (non-hydrogen) atoms. The molecular formula is C7H10N2O. The van der Waals surface area contributed by atoms with Crippen molar-refractivity contribution in [1.82, 2.24) is 4.90 Å². The lowest BCUT2D eigenvalue weighted by molar-refractivity contribution is -0.114. The standard InChI is InChI=1S/C7H10N2O/c1-9-4-2-3-6(5-9)7(8)10/h2-3,5H,4H2,1H3,(H2,8,10). The van der Waals surface area contributed by atoms with Crippen LogP contribution in [-0.2, 0) is 4.79 Å². The van der Waals surface area contributed by atoms with E-state index in [1.165, 1.54) is 0 Å². The lowest BCUT2D eigenvalue weighted by Crippen LogP contribution is -2.21. The van der Waals surface area contributed by atoms with Gasteiger partial charge in [-0.25, -0.2) is 0 Å². The van der Waals surface area contributed by atoms with E-state index in [4.69, 9.17) is 5.73 Å². The average molecular weight is 138 g/mol. The SMILES string of the molecule is CN1C=C(C(N)=O)C=CC1. The van der Waals surface area contributed by atoms with E-state index in [1.807, 2.05) is 18.0 Å². The molecule has 0 saturated heterocycles. The minimum absolute atomic E-state index is 0.372. The van der Waals surface area contributed by atoms with E-state index in [1.54, 1.807) is 12.3 Å². The van der Waals surface area contributed by atoms with Gasteiger partial charge in [-0.15, -0.1) is 0 Å². The molecule has 3 nitrogen and oxygen atoms in total. The fourth-order valence-corrected chi connectivity index (χ4v) is 0.825. The fraction of sp³-hybridized carbons (Fsp3) is 0.286. The lowest BCUT2D eigenvalue weighted by Gasteiger charge is -2.15. The van der Waals surface area contributed by atoms with Crippen molar-refractivity contribution in [3.63, 3.8) is 0 Å². The van der Waals surface area contributed by atoms with Gasteiger partial charge in [-0.05, 0) is 0 Å². The van der Waals surface area contributed by atoms with Crippen LogP contribution < -0.4 is 5.73 Å². The van der Waals surface area contributed by atoms with Crippen LogP contribution in [0.2, 0.25) is 0 Å². The molecule has 0 aliphatic carbocycles. The van der Waals surface area contributed by atoms with Crippen LogP contribution in [0.5, 0.6) is 0 Å². The largest absolute Gasteiger partial charge is 0.376 e. The molecule has 0 unspecified atom stereocenters. The highest BCUT2D eigenvalue weighted by Gasteiger charge is 2.04. The highest BCUT2D eigenvalue weighted by Crippen LogP contribution is 2.03. The van der Waals surface area contributed by atoms with Crippen LogP contribution >= 0.6 is 0 Å². The molecule has 0 aromatic heterocycles. The third-order valence-corrected chi connectivity index (χ3v) is 1.33. The Morgan fingerprint density at radius 2 is 2.50 bits per heavy atom. The Hall–Kier alpha value is -1.25. The third kappa shape index (κ3) is 1.37. The van der Waals surface area contributed by atoms with Crippen LogP contribution in [0.3, 0.4) is 0 Å². The Balaban J connectivity index is 2.76. The Bertz CT molecular complexity index is 206. The van der Waals surface area contributed by atoms with Gasteiger partial charge in [-0.1, -0.05) is 12.2 Å². The van der Waals surface area contributed by atoms with E-state index in [0.717, 1.165) is 6.54 Å². The molecule has 0 saturated carbocycles. The first-order chi connectivity index (χ1) is 4.70. The molecule has 1 aliphatic heterocycles. The van der Waals surface area contributed by atoms with Crippen LogP contribution in [0.4, 0.5) is 0 Å². The first kappa shape index (κ1) is 6.86. The second kappa shape index (κ2) is 2.56. The number of nitrogens with two attached hydrogens (primary N) is 1. The number of hydrogen-bond acceptors (Lipinski definition) is 2. The number of rotatable bonds is 1. The van der Waals surface area contributed by atoms with Crippen molar-refractivity contribution in [2.45, 2.75) is 0 Å². The average Bonchev–Trinajstić information content (AvgIpc) is 1.88. The zero-order valence-corrected chi connectivity index (χ0v) is 5.87. The second-order valence-corrected chi connectivity index (χ2v) is 2.29. The molecule has 54 valence electrons. The first-order valence-corrected chi connectivity index (χ1v) is 3.08. The normalized spacial score (nSPS) is 16.9. The molecule has 0 radical (unpaired) electrons. The van der Waals surface area contributed by atoms with E-state index < -0.39 is 0 Å². The summed E-state index contributed by atoms with van der Waals surface area (Å²) in [5, 5.41) is 0. The summed E-state index contributed by atoms with van der Waals surface area (Å²) in [5.74, 6) is -0.372. The van der Waals surface area contributed by atoms with Crippen molar-refractivity contribution < 1.29 is 4.79 Å². The summed E-state index contributed by atoms with van der Waals surface area (Å²) in [4.78, 5) is 12.5. The monoisotopic (exact) mass is 138 g/mol. The number of carbonyl (C=O) groups is 1. The van der Waals surface area contributed by atoms with Gasteiger partial charge < -0.3 is 10.6 Å². The number of hydrogen-bond donors (Lipinski definition) is 1. The summed E-state index contributed by atoms with van der Waals surface area (Å²) in [6.07, 6.45) is 5.38. The molecule has 1 rings (SSSR count). The molecule has 0 atom stereocenters. The van der Waals surface area contributed by atoms with E-state index in [0.29, 0.717) is 5.57 Å². The summed E-state index contributed by atoms with van der Waals surface area (Å²) in [6, 6.07) is 0. The number of likely N-dealkylation sites (N-methyl/N-ethyl adjacent to an activating group) is 1. The van der Waals surface area contributed by atoms with E-state index in [2.05, 4.69) is 0 Å². The maximum Gasteiger partial charge on any atom is 0.250 e. The second-order valence-electron chi connectivity index (χ2n) is 2.29. The minimum Gasteiger partial charge on any atom is -0.376 e. The summed E-state index contributed by atoms with van der Waals surface area (Å²) in [7, 11) is 1.90. The van der Waals surface area contributed by atoms with Gasteiger partial charge >= 0.3 is 0 Å². The highest BCUT2D eigenvalue weighted by atomic mass is 16.1. The predicted molar refractivity (Wildman–Crippen MR) is 39.0 cm³/mol. The van der Waals surface area contributed by atoms with Crippen molar-refractivity contribution in [2.24, 2.45) is 5.73 Å². The first-order valence-electron chi connectivity index (χ1n) is 3.08. The number of nitrogens with zero attached hydrogens (tertiary/aromatic N) is 1. The van der Waals surface area contributed by atoms with Gasteiger partial charge in [0.05, 0.1) is 5.57 Å². The quantitative estimate of drug-likeness (QED) is 0.548. The summed E-state index contributed by atoms with van der Waals surface area (Å²) >= 11 is 0. The van der Waals surface area contributed by atoms with Crippen LogP contribution in [-0.4, -0.2) is 24.4 Å². The molecule has 0 aromatic rings. The van der Waals surface area contributed by atoms with Gasteiger partial charge in [0, 0.05) is 19.8 Å². The zero-order valence-electron chi connectivity index (χ0n) is 5.87. The van der Waals surface area contributed by atoms with Gasteiger partial charge in [0.15, 0.2) is 0 Å². The molecular weight excluding hydrogens is 128 g/mol. The molecule has 0 bridgehead atoms. The Kier molecular flexibility index (Phi) is 1.76. The summed E-state index contributed by atoms with van der Waals surface area (Å²) in [5.41, 5.74) is 5.61. The van der Waals surface area contributed by atoms with Gasteiger partial charge in [0.1, 0.15) is 0 Å². The van der Waals surface area contributed by atoms with Crippen LogP contribution in [0.25, 0.3) is 0 Å². The molecule has 1 amide bonds. The maximum atomic E-state index is 10.6. The molecule has 0 spiro atoms. The Morgan fingerprint density at radius 1 is 1.80 bits per heavy atom. The smallest absolute Gasteiger partial charge is 0.250 e. The van der Waals surface area contributed by atoms with E-state index in [9.17, 15) is 4.79 Å². The van der Waals surface area contributed by atoms with Crippen LogP contribution in [0, 0.1) is 0 Å². The topological polar surface area (TPSA) is 46.3 Å². The number of primary amides is 1. The van der Waals surface area contributed by atoms with Crippen molar-refractivity contribution in [3.05, 3.63) is 23.9 Å². The van der Waals surface area contributed by atoms with Crippen molar-refractivity contribution in [1.29, 1.82) is 0 Å². The fourth-order valence-electron chi connectivity index (χ4n) is 0.825. The molecule has 3 heteroatoms. The van der Waals surface area contributed by atoms with Crippen LogP contribution in [0.15, 0.2) is 23.9 Å². The van der Waals surface area contributed by atoms with Gasteiger partial charge in [0.2, 0.25) is 5.91 Å². The number of carbonyl (C=O) groups excluding carboxylic acids is 1. The molecule has 1 heterocycles. The Morgan fingerprint density at radius 3 is 2.90 bits per heavy atom. The molecule has 2 N–H and O–H groups in total.